The number of alkyl halides is 3. The predicted molar refractivity (Wildman–Crippen MR) is 70.7 cm³/mol. The Kier molecular flexibility index (Phi) is 3.49. The van der Waals surface area contributed by atoms with Crippen LogP contribution in [-0.2, 0) is 6.18 Å². The summed E-state index contributed by atoms with van der Waals surface area (Å²) in [5, 5.41) is 12.6. The average molecular weight is 296 g/mol. The maximum atomic E-state index is 12.8. The van der Waals surface area contributed by atoms with Gasteiger partial charge in [0, 0.05) is 25.2 Å². The number of rotatable bonds is 1. The minimum Gasteiger partial charge on any atom is -0.354 e. The Balaban J connectivity index is 1.94. The molecule has 0 spiro atoms. The summed E-state index contributed by atoms with van der Waals surface area (Å²) in [6.45, 7) is 1.22. The maximum Gasteiger partial charge on any atom is 0.433 e. The molecule has 2 atom stereocenters. The van der Waals surface area contributed by atoms with Crippen molar-refractivity contribution in [3.8, 4) is 6.07 Å². The second-order valence-electron chi connectivity index (χ2n) is 5.55. The third-order valence-electron chi connectivity index (χ3n) is 4.11. The summed E-state index contributed by atoms with van der Waals surface area (Å²) < 4.78 is 38.5. The van der Waals surface area contributed by atoms with Crippen molar-refractivity contribution >= 4 is 5.82 Å². The SMILES string of the molecule is N#Cc1ccc(C(F)(F)F)nc1N1CCC2CCC(C1)N2. The highest BCUT2D eigenvalue weighted by molar-refractivity contribution is 5.55. The first-order valence-corrected chi connectivity index (χ1v) is 6.96. The van der Waals surface area contributed by atoms with Gasteiger partial charge in [0.15, 0.2) is 0 Å². The molecule has 4 nitrogen and oxygen atoms in total. The summed E-state index contributed by atoms with van der Waals surface area (Å²) in [5.41, 5.74) is -0.750. The van der Waals surface area contributed by atoms with Gasteiger partial charge in [-0.3, -0.25) is 0 Å². The van der Waals surface area contributed by atoms with Gasteiger partial charge in [-0.1, -0.05) is 0 Å². The van der Waals surface area contributed by atoms with Gasteiger partial charge in [0.05, 0.1) is 5.56 Å². The number of nitrogens with one attached hydrogen (secondary N) is 1. The third-order valence-corrected chi connectivity index (χ3v) is 4.11. The van der Waals surface area contributed by atoms with Crippen LogP contribution in [0.4, 0.5) is 19.0 Å². The highest BCUT2D eigenvalue weighted by Gasteiger charge is 2.35. The van der Waals surface area contributed by atoms with E-state index in [9.17, 15) is 13.2 Å². The van der Waals surface area contributed by atoms with Gasteiger partial charge in [0.25, 0.3) is 0 Å². The van der Waals surface area contributed by atoms with Gasteiger partial charge < -0.3 is 10.2 Å². The molecule has 2 unspecified atom stereocenters. The number of pyridine rings is 1. The van der Waals surface area contributed by atoms with E-state index in [1.54, 1.807) is 0 Å². The molecule has 1 aromatic rings. The van der Waals surface area contributed by atoms with Crippen molar-refractivity contribution in [1.29, 1.82) is 5.26 Å². The van der Waals surface area contributed by atoms with E-state index in [2.05, 4.69) is 10.3 Å². The molecule has 2 aliphatic heterocycles. The smallest absolute Gasteiger partial charge is 0.354 e. The molecule has 1 N–H and O–H groups in total. The fraction of sp³-hybridized carbons (Fsp3) is 0.571. The van der Waals surface area contributed by atoms with Crippen molar-refractivity contribution in [2.24, 2.45) is 0 Å². The summed E-state index contributed by atoms with van der Waals surface area (Å²) in [4.78, 5) is 5.52. The van der Waals surface area contributed by atoms with Crippen LogP contribution in [0.25, 0.3) is 0 Å². The number of aromatic nitrogens is 1. The molecule has 2 bridgehead atoms. The summed E-state index contributed by atoms with van der Waals surface area (Å²) in [6, 6.07) is 4.71. The van der Waals surface area contributed by atoms with Gasteiger partial charge in [-0.05, 0) is 31.4 Å². The Morgan fingerprint density at radius 2 is 2.00 bits per heavy atom. The average Bonchev–Trinajstić information content (AvgIpc) is 2.77. The number of anilines is 1. The van der Waals surface area contributed by atoms with E-state index in [0.29, 0.717) is 19.1 Å². The zero-order valence-electron chi connectivity index (χ0n) is 11.3. The molecule has 21 heavy (non-hydrogen) atoms. The topological polar surface area (TPSA) is 52.0 Å². The van der Waals surface area contributed by atoms with Crippen molar-refractivity contribution in [1.82, 2.24) is 10.3 Å². The molecule has 0 aliphatic carbocycles. The van der Waals surface area contributed by atoms with Gasteiger partial charge in [-0.2, -0.15) is 18.4 Å². The molecule has 2 aliphatic rings. The van der Waals surface area contributed by atoms with Crippen molar-refractivity contribution in [3.63, 3.8) is 0 Å². The van der Waals surface area contributed by atoms with E-state index >= 15 is 0 Å². The first kappa shape index (κ1) is 14.1. The lowest BCUT2D eigenvalue weighted by Crippen LogP contribution is -2.36. The Bertz CT molecular complexity index is 579. The van der Waals surface area contributed by atoms with E-state index in [1.165, 1.54) is 6.07 Å². The maximum absolute atomic E-state index is 12.8. The molecule has 0 saturated carbocycles. The minimum atomic E-state index is -4.49. The van der Waals surface area contributed by atoms with Gasteiger partial charge in [-0.15, -0.1) is 0 Å². The monoisotopic (exact) mass is 296 g/mol. The molecule has 3 rings (SSSR count). The highest BCUT2D eigenvalue weighted by Crippen LogP contribution is 2.31. The highest BCUT2D eigenvalue weighted by atomic mass is 19.4. The molecule has 112 valence electrons. The van der Waals surface area contributed by atoms with Crippen LogP contribution in [0.1, 0.15) is 30.5 Å². The molecular weight excluding hydrogens is 281 g/mol. The molecule has 0 radical (unpaired) electrons. The summed E-state index contributed by atoms with van der Waals surface area (Å²) >= 11 is 0. The third kappa shape index (κ3) is 2.81. The quantitative estimate of drug-likeness (QED) is 0.864. The van der Waals surface area contributed by atoms with E-state index in [-0.39, 0.29) is 17.4 Å². The van der Waals surface area contributed by atoms with Crippen LogP contribution in [0, 0.1) is 11.3 Å². The molecule has 3 heterocycles. The van der Waals surface area contributed by atoms with E-state index in [4.69, 9.17) is 5.26 Å². The molecule has 0 aromatic carbocycles. The number of hydrogen-bond acceptors (Lipinski definition) is 4. The molecule has 2 fully saturated rings. The van der Waals surface area contributed by atoms with Crippen LogP contribution in [0.2, 0.25) is 0 Å². The zero-order chi connectivity index (χ0) is 15.0. The number of nitriles is 1. The summed E-state index contributed by atoms with van der Waals surface area (Å²) in [5.74, 6) is 0.154. The van der Waals surface area contributed by atoms with Crippen LogP contribution in [0.15, 0.2) is 12.1 Å². The number of halogens is 3. The van der Waals surface area contributed by atoms with Crippen LogP contribution in [-0.4, -0.2) is 30.2 Å². The first-order valence-electron chi connectivity index (χ1n) is 6.96. The lowest BCUT2D eigenvalue weighted by atomic mass is 10.1. The van der Waals surface area contributed by atoms with Crippen LogP contribution in [0.3, 0.4) is 0 Å². The van der Waals surface area contributed by atoms with Crippen LogP contribution in [0.5, 0.6) is 0 Å². The van der Waals surface area contributed by atoms with Gasteiger partial charge in [0.1, 0.15) is 17.6 Å². The van der Waals surface area contributed by atoms with E-state index < -0.39 is 11.9 Å². The Morgan fingerprint density at radius 1 is 1.24 bits per heavy atom. The van der Waals surface area contributed by atoms with Gasteiger partial charge in [-0.25, -0.2) is 4.98 Å². The molecule has 1 aromatic heterocycles. The van der Waals surface area contributed by atoms with Gasteiger partial charge >= 0.3 is 6.18 Å². The Hall–Kier alpha value is -1.81. The molecule has 0 amide bonds. The Labute approximate surface area is 120 Å². The minimum absolute atomic E-state index is 0.154. The van der Waals surface area contributed by atoms with Crippen LogP contribution < -0.4 is 10.2 Å². The zero-order valence-corrected chi connectivity index (χ0v) is 11.3. The van der Waals surface area contributed by atoms with Crippen molar-refractivity contribution in [3.05, 3.63) is 23.4 Å². The number of hydrogen-bond donors (Lipinski definition) is 1. The standard InChI is InChI=1S/C14H15F3N4/c15-14(16,17)12-4-1-9(7-18)13(20-12)21-6-5-10-2-3-11(8-21)19-10/h1,4,10-11,19H,2-3,5-6,8H2. The fourth-order valence-electron chi connectivity index (χ4n) is 3.07. The lowest BCUT2D eigenvalue weighted by molar-refractivity contribution is -0.141. The van der Waals surface area contributed by atoms with Crippen molar-refractivity contribution < 1.29 is 13.2 Å². The number of fused-ring (bicyclic) bond motifs is 2. The summed E-state index contributed by atoms with van der Waals surface area (Å²) in [6.07, 6.45) is -1.51. The largest absolute Gasteiger partial charge is 0.433 e. The van der Waals surface area contributed by atoms with E-state index in [1.807, 2.05) is 11.0 Å². The first-order chi connectivity index (χ1) is 9.97. The predicted octanol–water partition coefficient (Wildman–Crippen LogP) is 2.30. The molecule has 2 saturated heterocycles. The second kappa shape index (κ2) is 5.19. The van der Waals surface area contributed by atoms with E-state index in [0.717, 1.165) is 25.3 Å². The van der Waals surface area contributed by atoms with Crippen molar-refractivity contribution in [2.45, 2.75) is 37.5 Å². The van der Waals surface area contributed by atoms with Crippen molar-refractivity contribution in [2.75, 3.05) is 18.0 Å². The summed E-state index contributed by atoms with van der Waals surface area (Å²) in [7, 11) is 0. The van der Waals surface area contributed by atoms with Crippen LogP contribution >= 0.6 is 0 Å². The molecule has 7 heteroatoms. The number of nitrogens with zero attached hydrogens (tertiary/aromatic N) is 3. The lowest BCUT2D eigenvalue weighted by Gasteiger charge is -2.26. The normalized spacial score (nSPS) is 25.5. The second-order valence-corrected chi connectivity index (χ2v) is 5.55. The Morgan fingerprint density at radius 3 is 2.71 bits per heavy atom. The molecular formula is C14H15F3N4. The van der Waals surface area contributed by atoms with Gasteiger partial charge in [0.2, 0.25) is 0 Å². The fourth-order valence-corrected chi connectivity index (χ4v) is 3.07.